The minimum absolute atomic E-state index is 0.112. The van der Waals surface area contributed by atoms with Crippen molar-refractivity contribution in [1.29, 1.82) is 0 Å². The van der Waals surface area contributed by atoms with Gasteiger partial charge >= 0.3 is 0 Å². The summed E-state index contributed by atoms with van der Waals surface area (Å²) in [5.41, 5.74) is -0.112. The molecule has 1 unspecified atom stereocenters. The van der Waals surface area contributed by atoms with Crippen molar-refractivity contribution < 1.29 is 15.0 Å². The zero-order valence-corrected chi connectivity index (χ0v) is 11.4. The molecule has 0 aliphatic carbocycles. The Labute approximate surface area is 99.1 Å². The summed E-state index contributed by atoms with van der Waals surface area (Å²) in [6.07, 6.45) is 0. The van der Waals surface area contributed by atoms with Crippen LogP contribution in [-0.4, -0.2) is 35.4 Å². The molecule has 1 atom stereocenters. The van der Waals surface area contributed by atoms with Crippen LogP contribution in [0.2, 0.25) is 0 Å². The second-order valence-electron chi connectivity index (χ2n) is 4.66. The highest BCUT2D eigenvalue weighted by molar-refractivity contribution is 5.79. The van der Waals surface area contributed by atoms with E-state index in [-0.39, 0.29) is 30.5 Å². The Morgan fingerprint density at radius 2 is 1.56 bits per heavy atom. The molecule has 98 valence electrons. The second kappa shape index (κ2) is 8.53. The van der Waals surface area contributed by atoms with E-state index in [0.717, 1.165) is 0 Å². The largest absolute Gasteiger partial charge is 0.394 e. The van der Waals surface area contributed by atoms with Crippen molar-refractivity contribution in [3.8, 4) is 0 Å². The Balaban J connectivity index is 0. The van der Waals surface area contributed by atoms with Gasteiger partial charge in [0.05, 0.1) is 19.3 Å². The first kappa shape index (κ1) is 17.8. The number of carbonyl (C=O) groups excluding carboxylic acids is 1. The lowest BCUT2D eigenvalue weighted by Crippen LogP contribution is -2.45. The summed E-state index contributed by atoms with van der Waals surface area (Å²) in [7, 11) is 0. The maximum absolute atomic E-state index is 11.6. The van der Waals surface area contributed by atoms with Crippen molar-refractivity contribution in [1.82, 2.24) is 5.32 Å². The molecular weight excluding hydrogens is 206 g/mol. The van der Waals surface area contributed by atoms with Crippen LogP contribution in [0.3, 0.4) is 0 Å². The second-order valence-corrected chi connectivity index (χ2v) is 4.66. The van der Waals surface area contributed by atoms with Gasteiger partial charge in [0.25, 0.3) is 0 Å². The summed E-state index contributed by atoms with van der Waals surface area (Å²) in [5, 5.41) is 20.2. The van der Waals surface area contributed by atoms with Gasteiger partial charge in [-0.2, -0.15) is 0 Å². The van der Waals surface area contributed by atoms with Crippen LogP contribution in [-0.2, 0) is 4.79 Å². The van der Waals surface area contributed by atoms with Gasteiger partial charge in [-0.3, -0.25) is 4.79 Å². The highest BCUT2D eigenvalue weighted by atomic mass is 16.3. The fraction of sp³-hybridized carbons (Fsp3) is 0.917. The van der Waals surface area contributed by atoms with Gasteiger partial charge in [-0.05, 0) is 5.41 Å². The predicted molar refractivity (Wildman–Crippen MR) is 66.1 cm³/mol. The molecule has 4 nitrogen and oxygen atoms in total. The average molecular weight is 233 g/mol. The lowest BCUT2D eigenvalue weighted by atomic mass is 9.81. The third kappa shape index (κ3) is 6.80. The van der Waals surface area contributed by atoms with Crippen molar-refractivity contribution in [2.45, 2.75) is 47.6 Å². The van der Waals surface area contributed by atoms with Gasteiger partial charge in [-0.1, -0.05) is 41.5 Å². The van der Waals surface area contributed by atoms with Gasteiger partial charge in [-0.15, -0.1) is 0 Å². The van der Waals surface area contributed by atoms with Gasteiger partial charge in [0, 0.05) is 5.92 Å². The Morgan fingerprint density at radius 3 is 1.81 bits per heavy atom. The monoisotopic (exact) mass is 233 g/mol. The zero-order valence-electron chi connectivity index (χ0n) is 11.4. The molecule has 0 radical (unpaired) electrons. The molecule has 4 heteroatoms. The van der Waals surface area contributed by atoms with E-state index >= 15 is 0 Å². The number of rotatable bonds is 4. The van der Waals surface area contributed by atoms with Crippen LogP contribution in [0, 0.1) is 11.3 Å². The summed E-state index contributed by atoms with van der Waals surface area (Å²) in [6, 6.07) is -0.549. The maximum Gasteiger partial charge on any atom is 0.223 e. The normalized spacial score (nSPS) is 12.8. The summed E-state index contributed by atoms with van der Waals surface area (Å²) in [4.78, 5) is 11.6. The third-order valence-corrected chi connectivity index (χ3v) is 2.48. The van der Waals surface area contributed by atoms with Gasteiger partial charge < -0.3 is 15.5 Å². The Hall–Kier alpha value is -0.610. The minimum Gasteiger partial charge on any atom is -0.394 e. The summed E-state index contributed by atoms with van der Waals surface area (Å²) in [5.74, 6) is -0.284. The van der Waals surface area contributed by atoms with Gasteiger partial charge in [0.1, 0.15) is 0 Å². The topological polar surface area (TPSA) is 69.6 Å². The fourth-order valence-corrected chi connectivity index (χ4v) is 0.868. The van der Waals surface area contributed by atoms with Crippen molar-refractivity contribution >= 4 is 5.91 Å². The SMILES string of the molecule is CC.CC(C(=O)NC(CO)CO)C(C)(C)C. The number of carbonyl (C=O) groups is 1. The van der Waals surface area contributed by atoms with E-state index in [2.05, 4.69) is 5.32 Å². The first-order chi connectivity index (χ1) is 7.32. The standard InChI is InChI=1S/C10H21NO3.C2H6/c1-7(10(2,3)4)9(14)11-8(5-12)6-13;1-2/h7-8,12-13H,5-6H2,1-4H3,(H,11,14);1-2H3. The smallest absolute Gasteiger partial charge is 0.223 e. The first-order valence-corrected chi connectivity index (χ1v) is 5.85. The molecule has 16 heavy (non-hydrogen) atoms. The summed E-state index contributed by atoms with van der Waals surface area (Å²) < 4.78 is 0. The van der Waals surface area contributed by atoms with E-state index < -0.39 is 6.04 Å². The van der Waals surface area contributed by atoms with Crippen LogP contribution >= 0.6 is 0 Å². The van der Waals surface area contributed by atoms with E-state index in [1.807, 2.05) is 41.5 Å². The van der Waals surface area contributed by atoms with Gasteiger partial charge in [0.2, 0.25) is 5.91 Å². The molecule has 0 fully saturated rings. The number of hydrogen-bond donors (Lipinski definition) is 3. The molecule has 0 aliphatic heterocycles. The molecule has 0 saturated heterocycles. The van der Waals surface area contributed by atoms with E-state index in [0.29, 0.717) is 0 Å². The van der Waals surface area contributed by atoms with E-state index in [1.165, 1.54) is 0 Å². The van der Waals surface area contributed by atoms with Crippen LogP contribution in [0.15, 0.2) is 0 Å². The lowest BCUT2D eigenvalue weighted by Gasteiger charge is -2.27. The summed E-state index contributed by atoms with van der Waals surface area (Å²) in [6.45, 7) is 11.3. The van der Waals surface area contributed by atoms with Gasteiger partial charge in [0.15, 0.2) is 0 Å². The van der Waals surface area contributed by atoms with E-state index in [9.17, 15) is 4.79 Å². The number of nitrogens with one attached hydrogen (secondary N) is 1. The molecule has 0 aliphatic rings. The van der Waals surface area contributed by atoms with Crippen molar-refractivity contribution in [3.63, 3.8) is 0 Å². The Kier molecular flexibility index (Phi) is 9.48. The third-order valence-electron chi connectivity index (χ3n) is 2.48. The molecule has 0 spiro atoms. The number of hydrogen-bond acceptors (Lipinski definition) is 3. The van der Waals surface area contributed by atoms with Crippen LogP contribution < -0.4 is 5.32 Å². The van der Waals surface area contributed by atoms with Crippen LogP contribution in [0.4, 0.5) is 0 Å². The molecule has 3 N–H and O–H groups in total. The molecule has 0 saturated carbocycles. The molecule has 0 aromatic rings. The Morgan fingerprint density at radius 1 is 1.19 bits per heavy atom. The predicted octanol–water partition coefficient (Wildman–Crippen LogP) is 1.16. The molecule has 0 bridgehead atoms. The molecule has 0 rings (SSSR count). The van der Waals surface area contributed by atoms with Crippen LogP contribution in [0.1, 0.15) is 41.5 Å². The van der Waals surface area contributed by atoms with E-state index in [4.69, 9.17) is 10.2 Å². The molecule has 0 aromatic heterocycles. The van der Waals surface area contributed by atoms with Gasteiger partial charge in [-0.25, -0.2) is 0 Å². The van der Waals surface area contributed by atoms with Crippen molar-refractivity contribution in [2.24, 2.45) is 11.3 Å². The molecule has 0 aromatic carbocycles. The average Bonchev–Trinajstić information content (AvgIpc) is 2.26. The lowest BCUT2D eigenvalue weighted by molar-refractivity contribution is -0.128. The number of aliphatic hydroxyl groups is 2. The minimum atomic E-state index is -0.549. The van der Waals surface area contributed by atoms with Crippen molar-refractivity contribution in [2.75, 3.05) is 13.2 Å². The van der Waals surface area contributed by atoms with Crippen LogP contribution in [0.5, 0.6) is 0 Å². The zero-order chi connectivity index (χ0) is 13.4. The summed E-state index contributed by atoms with van der Waals surface area (Å²) >= 11 is 0. The van der Waals surface area contributed by atoms with E-state index in [1.54, 1.807) is 0 Å². The fourth-order valence-electron chi connectivity index (χ4n) is 0.868. The maximum atomic E-state index is 11.6. The molecular formula is C12H27NO3. The van der Waals surface area contributed by atoms with Crippen molar-refractivity contribution in [3.05, 3.63) is 0 Å². The van der Waals surface area contributed by atoms with Crippen LogP contribution in [0.25, 0.3) is 0 Å². The quantitative estimate of drug-likeness (QED) is 0.682. The first-order valence-electron chi connectivity index (χ1n) is 5.85. The number of amides is 1. The Bertz CT molecular complexity index is 183. The molecule has 1 amide bonds. The highest BCUT2D eigenvalue weighted by Crippen LogP contribution is 2.25. The highest BCUT2D eigenvalue weighted by Gasteiger charge is 2.27. The number of aliphatic hydroxyl groups excluding tert-OH is 2. The molecule has 0 heterocycles.